The number of rotatable bonds is 5. The molecule has 1 saturated carbocycles. The zero-order chi connectivity index (χ0) is 12.9. The summed E-state index contributed by atoms with van der Waals surface area (Å²) in [6.07, 6.45) is 0.215. The van der Waals surface area contributed by atoms with Crippen molar-refractivity contribution < 1.29 is 18.7 Å². The van der Waals surface area contributed by atoms with Crippen LogP contribution in [0.1, 0.15) is 38.5 Å². The van der Waals surface area contributed by atoms with Crippen molar-refractivity contribution in [1.29, 1.82) is 0 Å². The molecule has 0 aromatic rings. The molecule has 100 valence electrons. The Kier molecular flexibility index (Phi) is 5.27. The van der Waals surface area contributed by atoms with Gasteiger partial charge in [-0.2, -0.15) is 0 Å². The summed E-state index contributed by atoms with van der Waals surface area (Å²) in [5.41, 5.74) is 5.55. The van der Waals surface area contributed by atoms with Crippen LogP contribution in [0.2, 0.25) is 0 Å². The van der Waals surface area contributed by atoms with Crippen LogP contribution in [0.3, 0.4) is 0 Å². The summed E-state index contributed by atoms with van der Waals surface area (Å²) >= 11 is 0. The van der Waals surface area contributed by atoms with Gasteiger partial charge < -0.3 is 16.2 Å². The van der Waals surface area contributed by atoms with Gasteiger partial charge in [-0.05, 0) is 12.8 Å². The Morgan fingerprint density at radius 2 is 1.94 bits per heavy atom. The lowest BCUT2D eigenvalue weighted by Crippen LogP contribution is -2.47. The Morgan fingerprint density at radius 3 is 2.47 bits per heavy atom. The maximum atomic E-state index is 12.0. The molecule has 0 aromatic carbocycles. The topological polar surface area (TPSA) is 75.4 Å². The van der Waals surface area contributed by atoms with Gasteiger partial charge in [-0.15, -0.1) is 0 Å². The first kappa shape index (κ1) is 14.3. The molecule has 4 N–H and O–H groups in total. The van der Waals surface area contributed by atoms with Gasteiger partial charge in [0.25, 0.3) is 6.43 Å². The molecule has 1 aliphatic rings. The molecule has 0 heterocycles. The molecule has 1 aliphatic carbocycles. The van der Waals surface area contributed by atoms with Crippen LogP contribution >= 0.6 is 0 Å². The second-order valence-corrected chi connectivity index (χ2v) is 4.81. The number of amides is 1. The number of aliphatic hydroxyl groups excluding tert-OH is 1. The predicted octanol–water partition coefficient (Wildman–Crippen LogP) is 0.780. The van der Waals surface area contributed by atoms with Gasteiger partial charge in [0, 0.05) is 18.5 Å². The first-order valence-corrected chi connectivity index (χ1v) is 5.95. The van der Waals surface area contributed by atoms with Gasteiger partial charge in [-0.25, -0.2) is 8.78 Å². The van der Waals surface area contributed by atoms with Gasteiger partial charge in [-0.1, -0.05) is 19.3 Å². The smallest absolute Gasteiger partial charge is 0.265 e. The van der Waals surface area contributed by atoms with E-state index in [0.29, 0.717) is 0 Å². The second kappa shape index (κ2) is 6.26. The Labute approximate surface area is 99.6 Å². The van der Waals surface area contributed by atoms with Crippen LogP contribution in [0.4, 0.5) is 8.78 Å². The highest BCUT2D eigenvalue weighted by Gasteiger charge is 2.30. The highest BCUT2D eigenvalue weighted by molar-refractivity contribution is 5.77. The van der Waals surface area contributed by atoms with Crippen molar-refractivity contribution in [2.24, 2.45) is 5.73 Å². The average molecular weight is 250 g/mol. The molecule has 17 heavy (non-hydrogen) atoms. The Balaban J connectivity index is 2.28. The van der Waals surface area contributed by atoms with E-state index in [-0.39, 0.29) is 12.3 Å². The maximum Gasteiger partial charge on any atom is 0.265 e. The molecular formula is C11H20F2N2O2. The van der Waals surface area contributed by atoms with Crippen molar-refractivity contribution in [2.75, 3.05) is 6.54 Å². The molecule has 1 fully saturated rings. The normalized spacial score (nSPS) is 21.2. The maximum absolute atomic E-state index is 12.0. The summed E-state index contributed by atoms with van der Waals surface area (Å²) < 4.78 is 24.0. The van der Waals surface area contributed by atoms with Crippen molar-refractivity contribution in [3.63, 3.8) is 0 Å². The van der Waals surface area contributed by atoms with Crippen LogP contribution in [0, 0.1) is 0 Å². The van der Waals surface area contributed by atoms with E-state index >= 15 is 0 Å². The lowest BCUT2D eigenvalue weighted by molar-refractivity contribution is -0.123. The number of aliphatic hydroxyl groups is 1. The van der Waals surface area contributed by atoms with E-state index in [0.717, 1.165) is 32.1 Å². The number of hydrogen-bond donors (Lipinski definition) is 3. The SMILES string of the molecule is NC1(CC(=O)NCC(O)C(F)F)CCCCC1. The average Bonchev–Trinajstić information content (AvgIpc) is 2.26. The Morgan fingerprint density at radius 1 is 1.35 bits per heavy atom. The largest absolute Gasteiger partial charge is 0.385 e. The highest BCUT2D eigenvalue weighted by atomic mass is 19.3. The second-order valence-electron chi connectivity index (χ2n) is 4.81. The summed E-state index contributed by atoms with van der Waals surface area (Å²) in [6.45, 7) is -0.424. The molecule has 0 saturated heterocycles. The van der Waals surface area contributed by atoms with Gasteiger partial charge in [-0.3, -0.25) is 4.79 Å². The van der Waals surface area contributed by atoms with E-state index in [2.05, 4.69) is 5.32 Å². The lowest BCUT2D eigenvalue weighted by Gasteiger charge is -2.32. The first-order valence-electron chi connectivity index (χ1n) is 5.95. The molecule has 1 atom stereocenters. The number of nitrogens with two attached hydrogens (primary N) is 1. The number of alkyl halides is 2. The Bertz CT molecular complexity index is 256. The summed E-state index contributed by atoms with van der Waals surface area (Å²) in [4.78, 5) is 11.5. The van der Waals surface area contributed by atoms with Gasteiger partial charge in [0.2, 0.25) is 5.91 Å². The fraction of sp³-hybridized carbons (Fsp3) is 0.909. The molecule has 4 nitrogen and oxygen atoms in total. The quantitative estimate of drug-likeness (QED) is 0.675. The summed E-state index contributed by atoms with van der Waals surface area (Å²) in [7, 11) is 0. The summed E-state index contributed by atoms with van der Waals surface area (Å²) in [5, 5.41) is 11.1. The molecule has 0 aliphatic heterocycles. The summed E-state index contributed by atoms with van der Waals surface area (Å²) in [6, 6.07) is 0. The van der Waals surface area contributed by atoms with E-state index in [1.165, 1.54) is 0 Å². The first-order chi connectivity index (χ1) is 7.93. The van der Waals surface area contributed by atoms with Crippen molar-refractivity contribution in [1.82, 2.24) is 5.32 Å². The molecule has 6 heteroatoms. The fourth-order valence-corrected chi connectivity index (χ4v) is 2.12. The van der Waals surface area contributed by atoms with Crippen LogP contribution in [-0.2, 0) is 4.79 Å². The molecular weight excluding hydrogens is 230 g/mol. The zero-order valence-electron chi connectivity index (χ0n) is 9.79. The third-order valence-electron chi connectivity index (χ3n) is 3.16. The van der Waals surface area contributed by atoms with Crippen LogP contribution in [0.15, 0.2) is 0 Å². The van der Waals surface area contributed by atoms with E-state index in [1.807, 2.05) is 0 Å². The zero-order valence-corrected chi connectivity index (χ0v) is 9.79. The van der Waals surface area contributed by atoms with E-state index in [1.54, 1.807) is 0 Å². The van der Waals surface area contributed by atoms with E-state index in [4.69, 9.17) is 10.8 Å². The minimum atomic E-state index is -2.84. The van der Waals surface area contributed by atoms with Crippen LogP contribution in [0.25, 0.3) is 0 Å². The summed E-state index contributed by atoms with van der Waals surface area (Å²) in [5.74, 6) is -0.367. The predicted molar refractivity (Wildman–Crippen MR) is 59.6 cm³/mol. The number of nitrogens with one attached hydrogen (secondary N) is 1. The lowest BCUT2D eigenvalue weighted by atomic mass is 9.80. The van der Waals surface area contributed by atoms with Gasteiger partial charge >= 0.3 is 0 Å². The highest BCUT2D eigenvalue weighted by Crippen LogP contribution is 2.28. The van der Waals surface area contributed by atoms with Gasteiger partial charge in [0.15, 0.2) is 0 Å². The van der Waals surface area contributed by atoms with Crippen LogP contribution in [-0.4, -0.2) is 35.6 Å². The third kappa shape index (κ3) is 4.95. The molecule has 0 bridgehead atoms. The molecule has 0 aromatic heterocycles. The molecule has 1 amide bonds. The van der Waals surface area contributed by atoms with Crippen LogP contribution < -0.4 is 11.1 Å². The van der Waals surface area contributed by atoms with Gasteiger partial charge in [0.05, 0.1) is 0 Å². The van der Waals surface area contributed by atoms with Crippen molar-refractivity contribution in [3.8, 4) is 0 Å². The van der Waals surface area contributed by atoms with Gasteiger partial charge in [0.1, 0.15) is 6.10 Å². The monoisotopic (exact) mass is 250 g/mol. The number of hydrogen-bond acceptors (Lipinski definition) is 3. The molecule has 1 rings (SSSR count). The van der Waals surface area contributed by atoms with Crippen molar-refractivity contribution in [3.05, 3.63) is 0 Å². The third-order valence-corrected chi connectivity index (χ3v) is 3.16. The molecule has 0 spiro atoms. The van der Waals surface area contributed by atoms with Crippen molar-refractivity contribution >= 4 is 5.91 Å². The van der Waals surface area contributed by atoms with Crippen molar-refractivity contribution in [2.45, 2.75) is 56.6 Å². The minimum absolute atomic E-state index is 0.142. The number of carbonyl (C=O) groups excluding carboxylic acids is 1. The van der Waals surface area contributed by atoms with E-state index in [9.17, 15) is 13.6 Å². The Hall–Kier alpha value is -0.750. The van der Waals surface area contributed by atoms with Crippen LogP contribution in [0.5, 0.6) is 0 Å². The molecule has 0 radical (unpaired) electrons. The minimum Gasteiger partial charge on any atom is -0.385 e. The van der Waals surface area contributed by atoms with E-state index < -0.39 is 24.6 Å². The molecule has 1 unspecified atom stereocenters. The number of halogens is 2. The fourth-order valence-electron chi connectivity index (χ4n) is 2.12. The standard InChI is InChI=1S/C11H20F2N2O2/c12-10(13)8(16)7-15-9(17)6-11(14)4-2-1-3-5-11/h8,10,16H,1-7,14H2,(H,15,17). The number of carbonyl (C=O) groups is 1.